The number of nitrogens with one attached hydrogen (secondary N) is 1. The number of hydrogen-bond acceptors (Lipinski definition) is 2. The molecular formula is C17H20FNS. The highest BCUT2D eigenvalue weighted by molar-refractivity contribution is 7.99. The molecule has 0 atom stereocenters. The second-order valence-corrected chi connectivity index (χ2v) is 6.25. The normalized spacial score (nSPS) is 11.1. The summed E-state index contributed by atoms with van der Waals surface area (Å²) in [6.45, 7) is 6.91. The van der Waals surface area contributed by atoms with Gasteiger partial charge in [-0.25, -0.2) is 4.39 Å². The Bertz CT molecular complexity index is 581. The molecule has 0 aliphatic heterocycles. The first kappa shape index (κ1) is 15.1. The Hall–Kier alpha value is -1.32. The fraction of sp³-hybridized carbons (Fsp3) is 0.294. The van der Waals surface area contributed by atoms with Crippen molar-refractivity contribution in [2.45, 2.75) is 43.1 Å². The molecule has 1 N–H and O–H groups in total. The van der Waals surface area contributed by atoms with Crippen LogP contribution in [-0.2, 0) is 6.54 Å². The van der Waals surface area contributed by atoms with E-state index in [0.29, 0.717) is 17.5 Å². The van der Waals surface area contributed by atoms with Crippen LogP contribution in [0.1, 0.15) is 25.0 Å². The van der Waals surface area contributed by atoms with Gasteiger partial charge in [0.2, 0.25) is 0 Å². The lowest BCUT2D eigenvalue weighted by atomic mass is 10.2. The van der Waals surface area contributed by atoms with E-state index in [4.69, 9.17) is 0 Å². The van der Waals surface area contributed by atoms with Crippen LogP contribution in [0.5, 0.6) is 0 Å². The number of rotatable bonds is 5. The van der Waals surface area contributed by atoms with Crippen molar-refractivity contribution in [3.05, 3.63) is 59.4 Å². The molecule has 0 heterocycles. The molecule has 0 aromatic heterocycles. The van der Waals surface area contributed by atoms with E-state index >= 15 is 0 Å². The average molecular weight is 289 g/mol. The fourth-order valence-electron chi connectivity index (χ4n) is 1.85. The summed E-state index contributed by atoms with van der Waals surface area (Å²) in [6.07, 6.45) is 0. The molecule has 0 aliphatic carbocycles. The van der Waals surface area contributed by atoms with Gasteiger partial charge in [-0.15, -0.1) is 0 Å². The largest absolute Gasteiger partial charge is 0.310 e. The van der Waals surface area contributed by atoms with Gasteiger partial charge >= 0.3 is 0 Å². The van der Waals surface area contributed by atoms with Crippen LogP contribution in [0.3, 0.4) is 0 Å². The summed E-state index contributed by atoms with van der Waals surface area (Å²) in [5.74, 6) is -0.152. The van der Waals surface area contributed by atoms with Crippen molar-refractivity contribution in [3.63, 3.8) is 0 Å². The van der Waals surface area contributed by atoms with E-state index in [1.165, 1.54) is 17.3 Å². The van der Waals surface area contributed by atoms with E-state index in [1.54, 1.807) is 6.07 Å². The van der Waals surface area contributed by atoms with Crippen molar-refractivity contribution in [2.24, 2.45) is 0 Å². The minimum atomic E-state index is -0.152. The van der Waals surface area contributed by atoms with Crippen molar-refractivity contribution in [1.82, 2.24) is 5.32 Å². The molecule has 20 heavy (non-hydrogen) atoms. The standard InChI is InChI=1S/C17H20FNS/c1-12(2)19-11-14-8-9-17(15(18)10-14)20-16-7-5-4-6-13(16)3/h4-10,12,19H,11H2,1-3H3. The molecule has 0 saturated heterocycles. The lowest BCUT2D eigenvalue weighted by molar-refractivity contribution is 0.574. The maximum Gasteiger partial charge on any atom is 0.137 e. The van der Waals surface area contributed by atoms with Crippen LogP contribution in [-0.4, -0.2) is 6.04 Å². The summed E-state index contributed by atoms with van der Waals surface area (Å²) in [4.78, 5) is 1.77. The minimum absolute atomic E-state index is 0.152. The quantitative estimate of drug-likeness (QED) is 0.850. The molecule has 0 aliphatic rings. The minimum Gasteiger partial charge on any atom is -0.310 e. The van der Waals surface area contributed by atoms with E-state index in [0.717, 1.165) is 10.5 Å². The van der Waals surface area contributed by atoms with Crippen LogP contribution in [0.25, 0.3) is 0 Å². The third kappa shape index (κ3) is 4.09. The molecule has 0 unspecified atom stereocenters. The summed E-state index contributed by atoms with van der Waals surface area (Å²) in [7, 11) is 0. The van der Waals surface area contributed by atoms with Gasteiger partial charge in [-0.1, -0.05) is 49.9 Å². The first-order valence-corrected chi connectivity index (χ1v) is 7.63. The third-order valence-electron chi connectivity index (χ3n) is 3.02. The SMILES string of the molecule is Cc1ccccc1Sc1ccc(CNC(C)C)cc1F. The van der Waals surface area contributed by atoms with Crippen molar-refractivity contribution >= 4 is 11.8 Å². The van der Waals surface area contributed by atoms with Gasteiger partial charge in [-0.05, 0) is 36.2 Å². The first-order chi connectivity index (χ1) is 9.56. The summed E-state index contributed by atoms with van der Waals surface area (Å²) >= 11 is 1.48. The molecular weight excluding hydrogens is 269 g/mol. The van der Waals surface area contributed by atoms with Gasteiger partial charge in [0, 0.05) is 22.4 Å². The van der Waals surface area contributed by atoms with Gasteiger partial charge in [0.05, 0.1) is 0 Å². The van der Waals surface area contributed by atoms with Crippen LogP contribution >= 0.6 is 11.8 Å². The zero-order valence-electron chi connectivity index (χ0n) is 12.1. The number of hydrogen-bond donors (Lipinski definition) is 1. The summed E-state index contributed by atoms with van der Waals surface area (Å²) < 4.78 is 14.1. The zero-order chi connectivity index (χ0) is 14.5. The van der Waals surface area contributed by atoms with Gasteiger partial charge in [-0.2, -0.15) is 0 Å². The second-order valence-electron chi connectivity index (χ2n) is 5.17. The molecule has 106 valence electrons. The topological polar surface area (TPSA) is 12.0 Å². The highest BCUT2D eigenvalue weighted by atomic mass is 32.2. The molecule has 0 saturated carbocycles. The van der Waals surface area contributed by atoms with Gasteiger partial charge in [0.15, 0.2) is 0 Å². The van der Waals surface area contributed by atoms with E-state index in [2.05, 4.69) is 19.2 Å². The van der Waals surface area contributed by atoms with E-state index in [-0.39, 0.29) is 5.82 Å². The molecule has 0 fully saturated rings. The third-order valence-corrected chi connectivity index (χ3v) is 4.25. The fourth-order valence-corrected chi connectivity index (χ4v) is 2.75. The summed E-state index contributed by atoms with van der Waals surface area (Å²) in [5.41, 5.74) is 2.15. The molecule has 0 spiro atoms. The van der Waals surface area contributed by atoms with Crippen LogP contribution in [0.15, 0.2) is 52.3 Å². The van der Waals surface area contributed by atoms with Gasteiger partial charge in [0.1, 0.15) is 5.82 Å². The molecule has 3 heteroatoms. The average Bonchev–Trinajstić information content (AvgIpc) is 2.41. The number of halogens is 1. The smallest absolute Gasteiger partial charge is 0.137 e. The lowest BCUT2D eigenvalue weighted by Gasteiger charge is -2.10. The van der Waals surface area contributed by atoms with E-state index in [1.807, 2.05) is 43.3 Å². The Morgan fingerprint density at radius 2 is 1.85 bits per heavy atom. The van der Waals surface area contributed by atoms with Crippen molar-refractivity contribution < 1.29 is 4.39 Å². The predicted octanol–water partition coefficient (Wildman–Crippen LogP) is 4.78. The molecule has 0 radical (unpaired) electrons. The van der Waals surface area contributed by atoms with Gasteiger partial charge in [0.25, 0.3) is 0 Å². The van der Waals surface area contributed by atoms with Crippen LogP contribution in [0.4, 0.5) is 4.39 Å². The van der Waals surface area contributed by atoms with Crippen LogP contribution in [0, 0.1) is 12.7 Å². The van der Waals surface area contributed by atoms with Gasteiger partial charge in [-0.3, -0.25) is 0 Å². The summed E-state index contributed by atoms with van der Waals surface area (Å²) in [5, 5.41) is 3.29. The molecule has 0 bridgehead atoms. The van der Waals surface area contributed by atoms with Crippen molar-refractivity contribution in [3.8, 4) is 0 Å². The number of aryl methyl sites for hydroxylation is 1. The molecule has 2 aromatic rings. The Morgan fingerprint density at radius 3 is 2.50 bits per heavy atom. The van der Waals surface area contributed by atoms with E-state index in [9.17, 15) is 4.39 Å². The molecule has 2 rings (SSSR count). The molecule has 0 amide bonds. The second kappa shape index (κ2) is 6.91. The lowest BCUT2D eigenvalue weighted by Crippen LogP contribution is -2.21. The predicted molar refractivity (Wildman–Crippen MR) is 83.7 cm³/mol. The molecule has 2 aromatic carbocycles. The van der Waals surface area contributed by atoms with E-state index < -0.39 is 0 Å². The maximum absolute atomic E-state index is 14.1. The Morgan fingerprint density at radius 1 is 1.10 bits per heavy atom. The number of benzene rings is 2. The highest BCUT2D eigenvalue weighted by Gasteiger charge is 2.07. The Kier molecular flexibility index (Phi) is 5.21. The van der Waals surface area contributed by atoms with Crippen LogP contribution < -0.4 is 5.32 Å². The highest BCUT2D eigenvalue weighted by Crippen LogP contribution is 2.32. The molecule has 1 nitrogen and oxygen atoms in total. The monoisotopic (exact) mass is 289 g/mol. The Labute approximate surface area is 124 Å². The summed E-state index contributed by atoms with van der Waals surface area (Å²) in [6, 6.07) is 13.9. The van der Waals surface area contributed by atoms with Crippen LogP contribution in [0.2, 0.25) is 0 Å². The van der Waals surface area contributed by atoms with Crippen molar-refractivity contribution in [2.75, 3.05) is 0 Å². The first-order valence-electron chi connectivity index (χ1n) is 6.81. The zero-order valence-corrected chi connectivity index (χ0v) is 12.9. The maximum atomic E-state index is 14.1. The van der Waals surface area contributed by atoms with Gasteiger partial charge < -0.3 is 5.32 Å². The Balaban J connectivity index is 2.12. The van der Waals surface area contributed by atoms with Crippen molar-refractivity contribution in [1.29, 1.82) is 0 Å².